The summed E-state index contributed by atoms with van der Waals surface area (Å²) in [7, 11) is 0. The van der Waals surface area contributed by atoms with E-state index in [0.717, 1.165) is 24.1 Å². The van der Waals surface area contributed by atoms with Gasteiger partial charge in [-0.05, 0) is 36.6 Å². The maximum atomic E-state index is 12.0. The predicted octanol–water partition coefficient (Wildman–Crippen LogP) is 2.50. The highest BCUT2D eigenvalue weighted by atomic mass is 35.5. The van der Waals surface area contributed by atoms with E-state index in [-0.39, 0.29) is 18.4 Å². The van der Waals surface area contributed by atoms with Crippen LogP contribution in [0.25, 0.3) is 6.08 Å². The number of rotatable bonds is 3. The van der Waals surface area contributed by atoms with Crippen LogP contribution in [0.5, 0.6) is 0 Å². The second-order valence-electron chi connectivity index (χ2n) is 4.96. The Morgan fingerprint density at radius 3 is 3.00 bits per heavy atom. The van der Waals surface area contributed by atoms with E-state index in [2.05, 4.69) is 0 Å². The number of amides is 1. The highest BCUT2D eigenvalue weighted by Gasteiger charge is 2.23. The third kappa shape index (κ3) is 3.58. The van der Waals surface area contributed by atoms with Crippen LogP contribution in [0, 0.1) is 12.8 Å². The number of nitrogens with zero attached hydrogens (tertiary/aromatic N) is 1. The van der Waals surface area contributed by atoms with Gasteiger partial charge in [-0.1, -0.05) is 23.7 Å². The summed E-state index contributed by atoms with van der Waals surface area (Å²) in [6, 6.07) is 5.72. The van der Waals surface area contributed by atoms with Crippen molar-refractivity contribution in [2.45, 2.75) is 13.3 Å². The maximum absolute atomic E-state index is 12.0. The zero-order chi connectivity index (χ0) is 13.8. The number of carbonyl (C=O) groups excluding carboxylic acids is 1. The molecule has 0 aromatic heterocycles. The van der Waals surface area contributed by atoms with Crippen molar-refractivity contribution in [3.63, 3.8) is 0 Å². The third-order valence-electron chi connectivity index (χ3n) is 3.47. The van der Waals surface area contributed by atoms with Crippen LogP contribution in [0.2, 0.25) is 5.02 Å². The summed E-state index contributed by atoms with van der Waals surface area (Å²) in [5.74, 6) is 0.221. The molecule has 0 spiro atoms. The average molecular weight is 280 g/mol. The minimum atomic E-state index is -0.00681. The summed E-state index contributed by atoms with van der Waals surface area (Å²) in [6.45, 7) is 3.47. The molecule has 1 aliphatic heterocycles. The molecule has 0 radical (unpaired) electrons. The molecule has 19 heavy (non-hydrogen) atoms. The first-order valence-corrected chi connectivity index (χ1v) is 6.82. The highest BCUT2D eigenvalue weighted by molar-refractivity contribution is 6.31. The topological polar surface area (TPSA) is 40.5 Å². The zero-order valence-electron chi connectivity index (χ0n) is 11.0. The van der Waals surface area contributed by atoms with Gasteiger partial charge >= 0.3 is 0 Å². The van der Waals surface area contributed by atoms with Crippen molar-refractivity contribution in [2.24, 2.45) is 5.92 Å². The molecule has 1 heterocycles. The van der Waals surface area contributed by atoms with Crippen molar-refractivity contribution in [3.05, 3.63) is 40.4 Å². The Bertz CT molecular complexity index is 499. The first kappa shape index (κ1) is 14.1. The van der Waals surface area contributed by atoms with E-state index in [0.29, 0.717) is 11.6 Å². The number of hydrogen-bond acceptors (Lipinski definition) is 2. The second kappa shape index (κ2) is 6.22. The molecule has 0 saturated carbocycles. The Kier molecular flexibility index (Phi) is 4.61. The molecule has 1 atom stereocenters. The molecule has 102 valence electrons. The molecule has 1 aromatic carbocycles. The molecule has 1 N–H and O–H groups in total. The van der Waals surface area contributed by atoms with Gasteiger partial charge in [0.05, 0.1) is 0 Å². The van der Waals surface area contributed by atoms with Gasteiger partial charge in [-0.2, -0.15) is 0 Å². The smallest absolute Gasteiger partial charge is 0.246 e. The Labute approximate surface area is 118 Å². The Hall–Kier alpha value is -1.32. The fraction of sp³-hybridized carbons (Fsp3) is 0.400. The van der Waals surface area contributed by atoms with Crippen LogP contribution < -0.4 is 0 Å². The van der Waals surface area contributed by atoms with E-state index in [1.165, 1.54) is 0 Å². The fourth-order valence-electron chi connectivity index (χ4n) is 2.17. The summed E-state index contributed by atoms with van der Waals surface area (Å²) in [5.41, 5.74) is 1.94. The molecular weight excluding hydrogens is 262 g/mol. The van der Waals surface area contributed by atoms with Crippen molar-refractivity contribution in [3.8, 4) is 0 Å². The fourth-order valence-corrected chi connectivity index (χ4v) is 2.36. The van der Waals surface area contributed by atoms with Crippen molar-refractivity contribution < 1.29 is 9.90 Å². The molecule has 1 amide bonds. The minimum Gasteiger partial charge on any atom is -0.396 e. The number of aliphatic hydroxyl groups excluding tert-OH is 1. The number of halogens is 1. The maximum Gasteiger partial charge on any atom is 0.246 e. The number of aliphatic hydroxyl groups is 1. The van der Waals surface area contributed by atoms with Gasteiger partial charge in [-0.15, -0.1) is 0 Å². The van der Waals surface area contributed by atoms with Gasteiger partial charge < -0.3 is 10.0 Å². The lowest BCUT2D eigenvalue weighted by Gasteiger charge is -2.13. The number of aryl methyl sites for hydroxylation is 1. The van der Waals surface area contributed by atoms with Crippen LogP contribution in [0.4, 0.5) is 0 Å². The molecule has 0 aliphatic carbocycles. The summed E-state index contributed by atoms with van der Waals surface area (Å²) in [6.07, 6.45) is 4.23. The molecule has 1 saturated heterocycles. The normalized spacial score (nSPS) is 19.3. The lowest BCUT2D eigenvalue weighted by atomic mass is 10.1. The van der Waals surface area contributed by atoms with Gasteiger partial charge in [-0.25, -0.2) is 0 Å². The summed E-state index contributed by atoms with van der Waals surface area (Å²) in [4.78, 5) is 13.7. The molecular formula is C15H18ClNO2. The average Bonchev–Trinajstić information content (AvgIpc) is 2.88. The lowest BCUT2D eigenvalue weighted by Crippen LogP contribution is -2.27. The van der Waals surface area contributed by atoms with Crippen molar-refractivity contribution in [1.82, 2.24) is 4.90 Å². The van der Waals surface area contributed by atoms with Crippen LogP contribution in [0.3, 0.4) is 0 Å². The largest absolute Gasteiger partial charge is 0.396 e. The quantitative estimate of drug-likeness (QED) is 0.864. The number of benzene rings is 1. The van der Waals surface area contributed by atoms with E-state index < -0.39 is 0 Å². The predicted molar refractivity (Wildman–Crippen MR) is 77.0 cm³/mol. The summed E-state index contributed by atoms with van der Waals surface area (Å²) in [5, 5.41) is 9.76. The van der Waals surface area contributed by atoms with Crippen LogP contribution in [0.1, 0.15) is 17.5 Å². The van der Waals surface area contributed by atoms with Crippen molar-refractivity contribution in [1.29, 1.82) is 0 Å². The Morgan fingerprint density at radius 2 is 2.37 bits per heavy atom. The van der Waals surface area contributed by atoms with Crippen LogP contribution >= 0.6 is 11.6 Å². The van der Waals surface area contributed by atoms with E-state index in [9.17, 15) is 4.79 Å². The molecule has 1 aromatic rings. The number of carbonyl (C=O) groups is 1. The third-order valence-corrected chi connectivity index (χ3v) is 3.88. The first-order chi connectivity index (χ1) is 9.10. The van der Waals surface area contributed by atoms with E-state index >= 15 is 0 Å². The molecule has 2 rings (SSSR count). The minimum absolute atomic E-state index is 0.00681. The molecule has 4 heteroatoms. The van der Waals surface area contributed by atoms with Gasteiger partial charge in [0.1, 0.15) is 0 Å². The van der Waals surface area contributed by atoms with Crippen molar-refractivity contribution >= 4 is 23.6 Å². The summed E-state index contributed by atoms with van der Waals surface area (Å²) < 4.78 is 0. The standard InChI is InChI=1S/C15H18ClNO2/c1-11-2-3-12(8-14(11)16)4-5-15(19)17-7-6-13(9-17)10-18/h2-5,8,13,18H,6-7,9-10H2,1H3. The molecule has 1 unspecified atom stereocenters. The highest BCUT2D eigenvalue weighted by Crippen LogP contribution is 2.18. The SMILES string of the molecule is Cc1ccc(C=CC(=O)N2CCC(CO)C2)cc1Cl. The van der Waals surface area contributed by atoms with E-state index in [4.69, 9.17) is 16.7 Å². The molecule has 1 aliphatic rings. The lowest BCUT2D eigenvalue weighted by molar-refractivity contribution is -0.125. The number of likely N-dealkylation sites (tertiary alicyclic amines) is 1. The van der Waals surface area contributed by atoms with E-state index in [1.54, 1.807) is 17.1 Å². The van der Waals surface area contributed by atoms with Crippen LogP contribution in [-0.4, -0.2) is 35.6 Å². The molecule has 1 fully saturated rings. The number of hydrogen-bond donors (Lipinski definition) is 1. The van der Waals surface area contributed by atoms with E-state index in [1.807, 2.05) is 25.1 Å². The van der Waals surface area contributed by atoms with Gasteiger partial charge in [0.25, 0.3) is 0 Å². The Balaban J connectivity index is 1.98. The molecule has 0 bridgehead atoms. The molecule has 3 nitrogen and oxygen atoms in total. The van der Waals surface area contributed by atoms with Gasteiger partial charge in [0.15, 0.2) is 0 Å². The zero-order valence-corrected chi connectivity index (χ0v) is 11.7. The van der Waals surface area contributed by atoms with Gasteiger partial charge in [0, 0.05) is 36.7 Å². The van der Waals surface area contributed by atoms with Gasteiger partial charge in [0.2, 0.25) is 5.91 Å². The Morgan fingerprint density at radius 1 is 1.58 bits per heavy atom. The van der Waals surface area contributed by atoms with Gasteiger partial charge in [-0.3, -0.25) is 4.79 Å². The monoisotopic (exact) mass is 279 g/mol. The second-order valence-corrected chi connectivity index (χ2v) is 5.37. The first-order valence-electron chi connectivity index (χ1n) is 6.44. The van der Waals surface area contributed by atoms with Crippen LogP contribution in [0.15, 0.2) is 24.3 Å². The van der Waals surface area contributed by atoms with Crippen LogP contribution in [-0.2, 0) is 4.79 Å². The van der Waals surface area contributed by atoms with Crippen molar-refractivity contribution in [2.75, 3.05) is 19.7 Å². The summed E-state index contributed by atoms with van der Waals surface area (Å²) >= 11 is 6.04.